The number of fused-ring (bicyclic) bond motifs is 3. The molecule has 0 bridgehead atoms. The van der Waals surface area contributed by atoms with Gasteiger partial charge in [-0.05, 0) is 18.4 Å². The van der Waals surface area contributed by atoms with E-state index >= 15 is 0 Å². The number of hydrogen-bond acceptors (Lipinski definition) is 2. The van der Waals surface area contributed by atoms with Crippen molar-refractivity contribution in [3.63, 3.8) is 0 Å². The molecule has 1 aliphatic heterocycles. The van der Waals surface area contributed by atoms with Crippen LogP contribution >= 0.6 is 0 Å². The Morgan fingerprint density at radius 1 is 1.19 bits per heavy atom. The predicted molar refractivity (Wildman–Crippen MR) is 85.7 cm³/mol. The van der Waals surface area contributed by atoms with Gasteiger partial charge in [-0.25, -0.2) is 4.98 Å². The normalized spacial score (nSPS) is 22.8. The van der Waals surface area contributed by atoms with Crippen LogP contribution in [0.1, 0.15) is 43.7 Å². The molecule has 21 heavy (non-hydrogen) atoms. The van der Waals surface area contributed by atoms with Crippen LogP contribution in [0.2, 0.25) is 0 Å². The van der Waals surface area contributed by atoms with Gasteiger partial charge in [0.15, 0.2) is 0 Å². The van der Waals surface area contributed by atoms with Crippen molar-refractivity contribution in [1.82, 2.24) is 9.55 Å². The minimum Gasteiger partial charge on any atom is -0.322 e. The molecule has 2 aliphatic rings. The molecular formula is C17H20N2OS. The van der Waals surface area contributed by atoms with Crippen LogP contribution in [-0.4, -0.2) is 24.8 Å². The molecule has 1 aromatic heterocycles. The summed E-state index contributed by atoms with van der Waals surface area (Å²) in [5.41, 5.74) is 3.72. The van der Waals surface area contributed by atoms with Crippen LogP contribution in [-0.2, 0) is 10.8 Å². The van der Waals surface area contributed by atoms with Crippen molar-refractivity contribution in [2.75, 3.05) is 5.75 Å². The summed E-state index contributed by atoms with van der Waals surface area (Å²) in [6, 6.07) is 8.66. The van der Waals surface area contributed by atoms with E-state index in [4.69, 9.17) is 0 Å². The van der Waals surface area contributed by atoms with Crippen LogP contribution in [0, 0.1) is 0 Å². The van der Waals surface area contributed by atoms with Crippen molar-refractivity contribution in [1.29, 1.82) is 0 Å². The zero-order valence-corrected chi connectivity index (χ0v) is 12.9. The van der Waals surface area contributed by atoms with Crippen LogP contribution in [0.25, 0.3) is 11.3 Å². The predicted octanol–water partition coefficient (Wildman–Crippen LogP) is 3.53. The lowest BCUT2D eigenvalue weighted by atomic mass is 10.0. The Labute approximate surface area is 127 Å². The first-order chi connectivity index (χ1) is 10.3. The molecule has 1 saturated carbocycles. The number of benzene rings is 1. The van der Waals surface area contributed by atoms with Crippen molar-refractivity contribution in [3.05, 3.63) is 42.4 Å². The Balaban J connectivity index is 1.62. The second-order valence-electron chi connectivity index (χ2n) is 6.10. The third-order valence-electron chi connectivity index (χ3n) is 4.84. The SMILES string of the molecule is O=S(CC1c2ccccc2-c2cncn21)C1CCCCC1. The fourth-order valence-electron chi connectivity index (χ4n) is 3.72. The van der Waals surface area contributed by atoms with Crippen molar-refractivity contribution in [2.45, 2.75) is 43.4 Å². The Bertz CT molecular complexity index is 673. The van der Waals surface area contributed by atoms with E-state index in [-0.39, 0.29) is 6.04 Å². The van der Waals surface area contributed by atoms with Gasteiger partial charge < -0.3 is 4.57 Å². The molecule has 4 rings (SSSR count). The molecule has 0 spiro atoms. The molecule has 2 aromatic rings. The monoisotopic (exact) mass is 300 g/mol. The molecule has 4 heteroatoms. The van der Waals surface area contributed by atoms with Gasteiger partial charge in [-0.15, -0.1) is 0 Å². The summed E-state index contributed by atoms with van der Waals surface area (Å²) in [7, 11) is -0.744. The van der Waals surface area contributed by atoms with Gasteiger partial charge >= 0.3 is 0 Å². The smallest absolute Gasteiger partial charge is 0.0957 e. The van der Waals surface area contributed by atoms with Gasteiger partial charge in [-0.2, -0.15) is 0 Å². The second-order valence-corrected chi connectivity index (χ2v) is 7.86. The molecule has 2 unspecified atom stereocenters. The molecule has 110 valence electrons. The summed E-state index contributed by atoms with van der Waals surface area (Å²) in [6.45, 7) is 0. The van der Waals surface area contributed by atoms with E-state index in [9.17, 15) is 4.21 Å². The molecule has 1 aliphatic carbocycles. The number of imidazole rings is 1. The lowest BCUT2D eigenvalue weighted by Gasteiger charge is -2.23. The quantitative estimate of drug-likeness (QED) is 0.869. The third kappa shape index (κ3) is 2.26. The van der Waals surface area contributed by atoms with Crippen LogP contribution in [0.3, 0.4) is 0 Å². The highest BCUT2D eigenvalue weighted by Gasteiger charge is 2.31. The molecule has 0 N–H and O–H groups in total. The zero-order valence-electron chi connectivity index (χ0n) is 12.1. The minimum atomic E-state index is -0.744. The van der Waals surface area contributed by atoms with E-state index < -0.39 is 10.8 Å². The zero-order chi connectivity index (χ0) is 14.2. The van der Waals surface area contributed by atoms with Crippen molar-refractivity contribution in [2.24, 2.45) is 0 Å². The Morgan fingerprint density at radius 2 is 2.00 bits per heavy atom. The van der Waals surface area contributed by atoms with Gasteiger partial charge in [-0.1, -0.05) is 43.5 Å². The van der Waals surface area contributed by atoms with E-state index in [0.717, 1.165) is 24.3 Å². The molecule has 0 saturated heterocycles. The molecule has 2 heterocycles. The minimum absolute atomic E-state index is 0.196. The van der Waals surface area contributed by atoms with Crippen molar-refractivity contribution < 1.29 is 4.21 Å². The molecular weight excluding hydrogens is 280 g/mol. The Hall–Kier alpha value is -1.42. The molecule has 0 amide bonds. The lowest BCUT2D eigenvalue weighted by Crippen LogP contribution is -2.25. The van der Waals surface area contributed by atoms with E-state index in [0.29, 0.717) is 5.25 Å². The highest BCUT2D eigenvalue weighted by atomic mass is 32.2. The third-order valence-corrected chi connectivity index (χ3v) is 6.70. The summed E-state index contributed by atoms with van der Waals surface area (Å²) in [4.78, 5) is 4.28. The topological polar surface area (TPSA) is 34.9 Å². The van der Waals surface area contributed by atoms with E-state index in [1.165, 1.54) is 30.4 Å². The average Bonchev–Trinajstić information content (AvgIpc) is 3.11. The van der Waals surface area contributed by atoms with Gasteiger partial charge in [0, 0.05) is 27.4 Å². The van der Waals surface area contributed by atoms with E-state index in [1.807, 2.05) is 12.5 Å². The highest BCUT2D eigenvalue weighted by molar-refractivity contribution is 7.85. The maximum absolute atomic E-state index is 12.8. The van der Waals surface area contributed by atoms with Crippen LogP contribution < -0.4 is 0 Å². The number of aromatic nitrogens is 2. The summed E-state index contributed by atoms with van der Waals surface area (Å²) in [5.74, 6) is 0.727. The first-order valence-corrected chi connectivity index (χ1v) is 9.21. The number of rotatable bonds is 3. The first kappa shape index (κ1) is 13.3. The summed E-state index contributed by atoms with van der Waals surface area (Å²) >= 11 is 0. The van der Waals surface area contributed by atoms with Crippen LogP contribution in [0.5, 0.6) is 0 Å². The van der Waals surface area contributed by atoms with Crippen LogP contribution in [0.4, 0.5) is 0 Å². The molecule has 1 fully saturated rings. The summed E-state index contributed by atoms with van der Waals surface area (Å²) in [5, 5.41) is 0.401. The van der Waals surface area contributed by atoms with Gasteiger partial charge in [0.05, 0.1) is 24.3 Å². The lowest BCUT2D eigenvalue weighted by molar-refractivity contribution is 0.502. The maximum Gasteiger partial charge on any atom is 0.0957 e. The van der Waals surface area contributed by atoms with E-state index in [2.05, 4.69) is 33.8 Å². The summed E-state index contributed by atoms with van der Waals surface area (Å²) < 4.78 is 15.0. The van der Waals surface area contributed by atoms with Crippen molar-refractivity contribution >= 4 is 10.8 Å². The van der Waals surface area contributed by atoms with Crippen molar-refractivity contribution in [3.8, 4) is 11.3 Å². The average molecular weight is 300 g/mol. The number of hydrogen-bond donors (Lipinski definition) is 0. The van der Waals surface area contributed by atoms with Gasteiger partial charge in [0.25, 0.3) is 0 Å². The molecule has 3 nitrogen and oxygen atoms in total. The first-order valence-electron chi connectivity index (χ1n) is 7.83. The fraction of sp³-hybridized carbons (Fsp3) is 0.471. The Morgan fingerprint density at radius 3 is 2.86 bits per heavy atom. The molecule has 2 atom stereocenters. The second kappa shape index (κ2) is 5.41. The molecule has 1 aromatic carbocycles. The standard InChI is InChI=1S/C17H20N2OS/c20-21(13-6-2-1-3-7-13)11-17-15-9-5-4-8-14(15)16-10-18-12-19(16)17/h4-5,8-10,12-13,17H,1-3,6-7,11H2. The largest absolute Gasteiger partial charge is 0.322 e. The Kier molecular flexibility index (Phi) is 3.42. The van der Waals surface area contributed by atoms with Crippen LogP contribution in [0.15, 0.2) is 36.8 Å². The van der Waals surface area contributed by atoms with E-state index in [1.54, 1.807) is 0 Å². The number of nitrogens with zero attached hydrogens (tertiary/aromatic N) is 2. The maximum atomic E-state index is 12.8. The summed E-state index contributed by atoms with van der Waals surface area (Å²) in [6.07, 6.45) is 9.88. The molecule has 0 radical (unpaired) electrons. The fourth-order valence-corrected chi connectivity index (χ4v) is 5.50. The van der Waals surface area contributed by atoms with Gasteiger partial charge in [0.2, 0.25) is 0 Å². The van der Waals surface area contributed by atoms with Gasteiger partial charge in [0.1, 0.15) is 0 Å². The van der Waals surface area contributed by atoms with Gasteiger partial charge in [-0.3, -0.25) is 4.21 Å². The highest BCUT2D eigenvalue weighted by Crippen LogP contribution is 2.40.